The summed E-state index contributed by atoms with van der Waals surface area (Å²) in [7, 11) is 0. The van der Waals surface area contributed by atoms with Crippen molar-refractivity contribution in [1.82, 2.24) is 20.1 Å². The predicted octanol–water partition coefficient (Wildman–Crippen LogP) is 1.97. The first-order valence-corrected chi connectivity index (χ1v) is 9.26. The molecule has 0 unspecified atom stereocenters. The highest BCUT2D eigenvalue weighted by molar-refractivity contribution is 7.11. The Morgan fingerprint density at radius 2 is 2.12 bits per heavy atom. The van der Waals surface area contributed by atoms with Crippen LogP contribution in [0.5, 0.6) is 0 Å². The van der Waals surface area contributed by atoms with E-state index >= 15 is 0 Å². The number of aromatic nitrogens is 1. The van der Waals surface area contributed by atoms with Crippen LogP contribution in [0, 0.1) is 6.92 Å². The zero-order valence-electron chi connectivity index (χ0n) is 14.6. The lowest BCUT2D eigenvalue weighted by molar-refractivity contribution is 0.0657. The van der Waals surface area contributed by atoms with Crippen molar-refractivity contribution in [3.8, 4) is 0 Å². The first-order valence-electron chi connectivity index (χ1n) is 8.44. The third-order valence-electron chi connectivity index (χ3n) is 3.97. The Morgan fingerprint density at radius 3 is 2.72 bits per heavy atom. The van der Waals surface area contributed by atoms with Crippen molar-refractivity contribution in [3.63, 3.8) is 0 Å². The van der Waals surface area contributed by atoms with Crippen molar-refractivity contribution in [1.29, 1.82) is 0 Å². The Hall–Kier alpha value is -2.35. The number of piperazine rings is 1. The van der Waals surface area contributed by atoms with Crippen molar-refractivity contribution in [2.24, 2.45) is 4.99 Å². The molecule has 0 bridgehead atoms. The minimum absolute atomic E-state index is 0.0511. The van der Waals surface area contributed by atoms with Gasteiger partial charge >= 0.3 is 0 Å². The molecule has 2 aromatic heterocycles. The van der Waals surface area contributed by atoms with E-state index < -0.39 is 0 Å². The van der Waals surface area contributed by atoms with Gasteiger partial charge in [-0.05, 0) is 26.0 Å². The maximum atomic E-state index is 12.3. The van der Waals surface area contributed by atoms with E-state index in [4.69, 9.17) is 9.41 Å². The van der Waals surface area contributed by atoms with Crippen LogP contribution in [0.15, 0.2) is 34.0 Å². The zero-order valence-corrected chi connectivity index (χ0v) is 15.4. The number of nitrogens with one attached hydrogen (secondary N) is 1. The Morgan fingerprint density at radius 1 is 1.36 bits per heavy atom. The van der Waals surface area contributed by atoms with E-state index in [1.165, 1.54) is 11.1 Å². The average molecular weight is 361 g/mol. The second kappa shape index (κ2) is 8.15. The van der Waals surface area contributed by atoms with Gasteiger partial charge in [-0.2, -0.15) is 0 Å². The molecular formula is C17H23N5O2S. The number of hydrogen-bond acceptors (Lipinski definition) is 5. The van der Waals surface area contributed by atoms with E-state index in [9.17, 15) is 4.79 Å². The van der Waals surface area contributed by atoms with Crippen LogP contribution < -0.4 is 5.32 Å². The zero-order chi connectivity index (χ0) is 17.6. The molecule has 1 aliphatic rings. The number of carbonyl (C=O) groups excluding carboxylic acids is 1. The average Bonchev–Trinajstić information content (AvgIpc) is 3.30. The van der Waals surface area contributed by atoms with E-state index in [1.807, 2.05) is 18.0 Å². The third kappa shape index (κ3) is 4.39. The molecule has 1 aliphatic heterocycles. The Bertz CT molecular complexity index is 717. The topological polar surface area (TPSA) is 74.0 Å². The standard InChI is InChI=1S/C17H23N5O2S/c1-3-18-17(20-12-15-19-11-13(2)25-15)22-8-6-21(7-9-22)16(23)14-5-4-10-24-14/h4-5,10-11H,3,6-9,12H2,1-2H3,(H,18,20). The molecule has 0 radical (unpaired) electrons. The summed E-state index contributed by atoms with van der Waals surface area (Å²) < 4.78 is 5.20. The van der Waals surface area contributed by atoms with Crippen molar-refractivity contribution in [2.75, 3.05) is 32.7 Å². The van der Waals surface area contributed by atoms with Gasteiger partial charge in [-0.3, -0.25) is 4.79 Å². The molecule has 1 N–H and O–H groups in total. The van der Waals surface area contributed by atoms with Crippen LogP contribution in [0.3, 0.4) is 0 Å². The van der Waals surface area contributed by atoms with E-state index in [-0.39, 0.29) is 5.91 Å². The number of furan rings is 1. The van der Waals surface area contributed by atoms with Crippen LogP contribution in [-0.4, -0.2) is 59.4 Å². The van der Waals surface area contributed by atoms with Gasteiger partial charge in [0.05, 0.1) is 12.8 Å². The summed E-state index contributed by atoms with van der Waals surface area (Å²) in [5.41, 5.74) is 0. The van der Waals surface area contributed by atoms with E-state index in [1.54, 1.807) is 23.5 Å². The Kier molecular flexibility index (Phi) is 5.70. The van der Waals surface area contributed by atoms with Gasteiger partial charge in [0.15, 0.2) is 11.7 Å². The fourth-order valence-corrected chi connectivity index (χ4v) is 3.43. The fourth-order valence-electron chi connectivity index (χ4n) is 2.72. The molecule has 1 fully saturated rings. The number of guanidine groups is 1. The lowest BCUT2D eigenvalue weighted by Crippen LogP contribution is -2.53. The molecule has 0 spiro atoms. The number of aryl methyl sites for hydroxylation is 1. The van der Waals surface area contributed by atoms with Gasteiger partial charge in [0.1, 0.15) is 5.01 Å². The molecule has 1 saturated heterocycles. The predicted molar refractivity (Wildman–Crippen MR) is 97.9 cm³/mol. The number of aliphatic imine (C=N–C) groups is 1. The minimum Gasteiger partial charge on any atom is -0.459 e. The maximum Gasteiger partial charge on any atom is 0.289 e. The molecule has 8 heteroatoms. The van der Waals surface area contributed by atoms with Gasteiger partial charge in [0.2, 0.25) is 0 Å². The van der Waals surface area contributed by atoms with Gasteiger partial charge in [-0.15, -0.1) is 11.3 Å². The van der Waals surface area contributed by atoms with Crippen molar-refractivity contribution in [2.45, 2.75) is 20.4 Å². The number of hydrogen-bond donors (Lipinski definition) is 1. The highest BCUT2D eigenvalue weighted by atomic mass is 32.1. The molecule has 0 aromatic carbocycles. The SMILES string of the molecule is CCNC(=NCc1ncc(C)s1)N1CCN(C(=O)c2ccco2)CC1. The largest absolute Gasteiger partial charge is 0.459 e. The van der Waals surface area contributed by atoms with Crippen LogP contribution in [0.4, 0.5) is 0 Å². The molecule has 7 nitrogen and oxygen atoms in total. The van der Waals surface area contributed by atoms with Crippen LogP contribution in [0.25, 0.3) is 0 Å². The fraction of sp³-hybridized carbons (Fsp3) is 0.471. The first-order chi connectivity index (χ1) is 12.2. The normalized spacial score (nSPS) is 15.5. The maximum absolute atomic E-state index is 12.3. The summed E-state index contributed by atoms with van der Waals surface area (Å²) >= 11 is 1.67. The van der Waals surface area contributed by atoms with E-state index in [2.05, 4.69) is 22.1 Å². The Balaban J connectivity index is 1.59. The number of thiazole rings is 1. The smallest absolute Gasteiger partial charge is 0.289 e. The minimum atomic E-state index is -0.0511. The van der Waals surface area contributed by atoms with Crippen LogP contribution in [0.1, 0.15) is 27.4 Å². The summed E-state index contributed by atoms with van der Waals surface area (Å²) in [5.74, 6) is 1.22. The second-order valence-corrected chi connectivity index (χ2v) is 7.11. The van der Waals surface area contributed by atoms with Crippen LogP contribution >= 0.6 is 11.3 Å². The Labute approximate surface area is 151 Å². The summed E-state index contributed by atoms with van der Waals surface area (Å²) in [6.45, 7) is 8.28. The summed E-state index contributed by atoms with van der Waals surface area (Å²) in [6.07, 6.45) is 3.40. The third-order valence-corrected chi connectivity index (χ3v) is 4.86. The molecule has 3 rings (SSSR count). The molecule has 0 aliphatic carbocycles. The summed E-state index contributed by atoms with van der Waals surface area (Å²) in [5, 5.41) is 4.35. The number of rotatable bonds is 4. The van der Waals surface area contributed by atoms with Gasteiger partial charge in [-0.25, -0.2) is 9.98 Å². The molecule has 1 amide bonds. The lowest BCUT2D eigenvalue weighted by Gasteiger charge is -2.36. The van der Waals surface area contributed by atoms with E-state index in [0.717, 1.165) is 30.6 Å². The second-order valence-electron chi connectivity index (χ2n) is 5.79. The van der Waals surface area contributed by atoms with Gasteiger partial charge in [0, 0.05) is 43.8 Å². The summed E-state index contributed by atoms with van der Waals surface area (Å²) in [4.78, 5) is 26.6. The van der Waals surface area contributed by atoms with Crippen molar-refractivity contribution in [3.05, 3.63) is 40.2 Å². The molecule has 3 heterocycles. The lowest BCUT2D eigenvalue weighted by atomic mass is 10.3. The van der Waals surface area contributed by atoms with Crippen molar-refractivity contribution >= 4 is 23.2 Å². The molecule has 0 saturated carbocycles. The number of carbonyl (C=O) groups is 1. The molecule has 0 atom stereocenters. The van der Waals surface area contributed by atoms with Crippen LogP contribution in [-0.2, 0) is 6.54 Å². The van der Waals surface area contributed by atoms with Gasteiger partial charge in [-0.1, -0.05) is 0 Å². The molecule has 25 heavy (non-hydrogen) atoms. The van der Waals surface area contributed by atoms with Gasteiger partial charge in [0.25, 0.3) is 5.91 Å². The quantitative estimate of drug-likeness (QED) is 0.666. The molecule has 2 aromatic rings. The first kappa shape index (κ1) is 17.5. The summed E-state index contributed by atoms with van der Waals surface area (Å²) in [6, 6.07) is 3.44. The highest BCUT2D eigenvalue weighted by Crippen LogP contribution is 2.13. The van der Waals surface area contributed by atoms with Crippen LogP contribution in [0.2, 0.25) is 0 Å². The number of amides is 1. The highest BCUT2D eigenvalue weighted by Gasteiger charge is 2.25. The number of nitrogens with zero attached hydrogens (tertiary/aromatic N) is 4. The molecule has 134 valence electrons. The van der Waals surface area contributed by atoms with Gasteiger partial charge < -0.3 is 19.5 Å². The monoisotopic (exact) mass is 361 g/mol. The van der Waals surface area contributed by atoms with E-state index in [0.29, 0.717) is 25.4 Å². The molecular weight excluding hydrogens is 338 g/mol. The van der Waals surface area contributed by atoms with Crippen molar-refractivity contribution < 1.29 is 9.21 Å².